The Morgan fingerprint density at radius 3 is 1.70 bits per heavy atom. The maximum absolute atomic E-state index is 5.44. The molecule has 0 spiro atoms. The smallest absolute Gasteiger partial charge is 0.237 e. The molecule has 2 atom stereocenters. The van der Waals surface area contributed by atoms with Crippen molar-refractivity contribution in [2.24, 2.45) is 0 Å². The van der Waals surface area contributed by atoms with Crippen LogP contribution in [0, 0.1) is 0 Å². The summed E-state index contributed by atoms with van der Waals surface area (Å²) in [7, 11) is 0. The van der Waals surface area contributed by atoms with E-state index in [0.717, 1.165) is 50.6 Å². The van der Waals surface area contributed by atoms with E-state index in [1.807, 2.05) is 12.1 Å². The summed E-state index contributed by atoms with van der Waals surface area (Å²) in [6.45, 7) is 0. The van der Waals surface area contributed by atoms with Crippen molar-refractivity contribution in [2.45, 2.75) is 12.0 Å². The Hall–Kier alpha value is -6.59. The van der Waals surface area contributed by atoms with E-state index in [1.54, 1.807) is 0 Å². The van der Waals surface area contributed by atoms with Gasteiger partial charge in [-0.15, -0.1) is 0 Å². The lowest BCUT2D eigenvalue weighted by molar-refractivity contribution is 0.736. The number of para-hydroxylation sites is 3. The number of fused-ring (bicyclic) bond motifs is 6. The van der Waals surface area contributed by atoms with Crippen LogP contribution >= 0.6 is 0 Å². The number of anilines is 2. The molecule has 3 aromatic heterocycles. The summed E-state index contributed by atoms with van der Waals surface area (Å²) in [5.41, 5.74) is 10.3. The van der Waals surface area contributed by atoms with E-state index in [-0.39, 0.29) is 12.0 Å². The minimum atomic E-state index is 0.100. The van der Waals surface area contributed by atoms with Gasteiger partial charge in [0.25, 0.3) is 0 Å². The summed E-state index contributed by atoms with van der Waals surface area (Å²) in [5, 5.41) is 2.35. The minimum Gasteiger partial charge on any atom is -0.318 e. The van der Waals surface area contributed by atoms with E-state index in [4.69, 9.17) is 15.0 Å². The Morgan fingerprint density at radius 2 is 1.02 bits per heavy atom. The lowest BCUT2D eigenvalue weighted by atomic mass is 9.91. The summed E-state index contributed by atoms with van der Waals surface area (Å²) < 4.78 is 2.21. The van der Waals surface area contributed by atoms with Gasteiger partial charge in [-0.1, -0.05) is 140 Å². The molecule has 10 rings (SSSR count). The van der Waals surface area contributed by atoms with Gasteiger partial charge in [-0.2, -0.15) is 4.98 Å². The van der Waals surface area contributed by atoms with E-state index < -0.39 is 0 Å². The molecule has 236 valence electrons. The molecule has 1 aliphatic carbocycles. The molecule has 0 radical (unpaired) electrons. The average molecular weight is 642 g/mol. The number of allylic oxidation sites excluding steroid dienone is 2. The quantitative estimate of drug-likeness (QED) is 0.188. The molecule has 5 nitrogen and oxygen atoms in total. The third-order valence-electron chi connectivity index (χ3n) is 9.95. The van der Waals surface area contributed by atoms with E-state index in [0.29, 0.717) is 5.95 Å². The molecule has 2 unspecified atom stereocenters. The number of hydrogen-bond acceptors (Lipinski definition) is 4. The van der Waals surface area contributed by atoms with Crippen LogP contribution in [-0.2, 0) is 0 Å². The van der Waals surface area contributed by atoms with Crippen molar-refractivity contribution in [3.05, 3.63) is 182 Å². The predicted molar refractivity (Wildman–Crippen MR) is 204 cm³/mol. The first-order valence-corrected chi connectivity index (χ1v) is 17.0. The molecule has 0 saturated carbocycles. The van der Waals surface area contributed by atoms with Gasteiger partial charge in [-0.3, -0.25) is 4.57 Å². The van der Waals surface area contributed by atoms with Gasteiger partial charge >= 0.3 is 0 Å². The van der Waals surface area contributed by atoms with Crippen LogP contribution in [0.15, 0.2) is 176 Å². The molecule has 0 saturated heterocycles. The van der Waals surface area contributed by atoms with Crippen molar-refractivity contribution < 1.29 is 0 Å². The van der Waals surface area contributed by atoms with Gasteiger partial charge in [0, 0.05) is 45.1 Å². The lowest BCUT2D eigenvalue weighted by Gasteiger charge is -2.28. The van der Waals surface area contributed by atoms with Crippen LogP contribution in [0.5, 0.6) is 0 Å². The number of pyridine rings is 1. The maximum atomic E-state index is 5.44. The molecule has 5 aromatic carbocycles. The van der Waals surface area contributed by atoms with Crippen molar-refractivity contribution in [3.8, 4) is 39.7 Å². The van der Waals surface area contributed by atoms with Gasteiger partial charge in [-0.05, 0) is 35.9 Å². The molecule has 0 amide bonds. The van der Waals surface area contributed by atoms with Gasteiger partial charge in [0.15, 0.2) is 0 Å². The fraction of sp³-hybridized carbons (Fsp3) is 0.0444. The molecular weight excluding hydrogens is 611 g/mol. The first-order chi connectivity index (χ1) is 24.8. The maximum Gasteiger partial charge on any atom is 0.237 e. The van der Waals surface area contributed by atoms with Crippen molar-refractivity contribution in [1.29, 1.82) is 0 Å². The van der Waals surface area contributed by atoms with Crippen molar-refractivity contribution in [2.75, 3.05) is 4.90 Å². The van der Waals surface area contributed by atoms with E-state index in [1.165, 1.54) is 22.0 Å². The number of nitrogens with zero attached hydrogens (tertiary/aromatic N) is 5. The molecule has 1 aliphatic heterocycles. The number of aromatic nitrogens is 4. The van der Waals surface area contributed by atoms with E-state index in [9.17, 15) is 0 Å². The lowest BCUT2D eigenvalue weighted by Crippen LogP contribution is -2.29. The second-order valence-electron chi connectivity index (χ2n) is 12.9. The van der Waals surface area contributed by atoms with Crippen LogP contribution in [0.4, 0.5) is 11.5 Å². The molecule has 0 fully saturated rings. The normalized spacial score (nSPS) is 16.2. The van der Waals surface area contributed by atoms with Crippen molar-refractivity contribution in [1.82, 2.24) is 19.5 Å². The van der Waals surface area contributed by atoms with Crippen molar-refractivity contribution in [3.63, 3.8) is 0 Å². The Kier molecular flexibility index (Phi) is 6.56. The van der Waals surface area contributed by atoms with Gasteiger partial charge < -0.3 is 4.90 Å². The van der Waals surface area contributed by atoms with Crippen LogP contribution in [0.1, 0.15) is 11.5 Å². The van der Waals surface area contributed by atoms with Crippen LogP contribution in [0.3, 0.4) is 0 Å². The summed E-state index contributed by atoms with van der Waals surface area (Å²) in [5.74, 6) is 1.72. The van der Waals surface area contributed by atoms with Gasteiger partial charge in [0.2, 0.25) is 5.95 Å². The third-order valence-corrected chi connectivity index (χ3v) is 9.95. The van der Waals surface area contributed by atoms with E-state index in [2.05, 4.69) is 173 Å². The Morgan fingerprint density at radius 1 is 0.460 bits per heavy atom. The summed E-state index contributed by atoms with van der Waals surface area (Å²) in [4.78, 5) is 18.4. The Labute approximate surface area is 290 Å². The monoisotopic (exact) mass is 641 g/mol. The topological polar surface area (TPSA) is 46.8 Å². The summed E-state index contributed by atoms with van der Waals surface area (Å²) >= 11 is 0. The molecule has 5 heteroatoms. The zero-order valence-corrected chi connectivity index (χ0v) is 27.1. The van der Waals surface area contributed by atoms with Gasteiger partial charge in [0.05, 0.1) is 34.2 Å². The highest BCUT2D eigenvalue weighted by molar-refractivity contribution is 6.09. The first-order valence-electron chi connectivity index (χ1n) is 17.0. The fourth-order valence-electron chi connectivity index (χ4n) is 7.68. The fourth-order valence-corrected chi connectivity index (χ4v) is 7.68. The zero-order chi connectivity index (χ0) is 33.0. The molecule has 8 aromatic rings. The number of benzene rings is 5. The minimum absolute atomic E-state index is 0.100. The highest BCUT2D eigenvalue weighted by Gasteiger charge is 2.38. The zero-order valence-electron chi connectivity index (χ0n) is 27.1. The number of rotatable bonds is 5. The van der Waals surface area contributed by atoms with Gasteiger partial charge in [-0.25, -0.2) is 9.97 Å². The van der Waals surface area contributed by atoms with Crippen LogP contribution < -0.4 is 4.90 Å². The van der Waals surface area contributed by atoms with Gasteiger partial charge in [0.1, 0.15) is 5.82 Å². The Bertz CT molecular complexity index is 2510. The second-order valence-corrected chi connectivity index (χ2v) is 12.9. The van der Waals surface area contributed by atoms with Crippen LogP contribution in [0.25, 0.3) is 61.5 Å². The molecule has 2 aliphatic rings. The predicted octanol–water partition coefficient (Wildman–Crippen LogP) is 10.7. The molecule has 0 N–H and O–H groups in total. The summed E-state index contributed by atoms with van der Waals surface area (Å²) in [6, 6.07) is 53.1. The largest absolute Gasteiger partial charge is 0.318 e. The molecule has 0 bridgehead atoms. The average Bonchev–Trinajstić information content (AvgIpc) is 3.71. The van der Waals surface area contributed by atoms with Crippen LogP contribution in [-0.4, -0.2) is 25.6 Å². The first kappa shape index (κ1) is 28.4. The number of hydrogen-bond donors (Lipinski definition) is 0. The SMILES string of the molecule is C1=CC2c3ccccc3N(c3cc(-c4cc(-c5ccccc5)nc(-c5ccccc5)c4)nc(-n4c5ccccc5c5ccccc54)n3)C2C=C1. The molecule has 4 heterocycles. The highest BCUT2D eigenvalue weighted by atomic mass is 15.3. The summed E-state index contributed by atoms with van der Waals surface area (Å²) in [6.07, 6.45) is 8.90. The van der Waals surface area contributed by atoms with Crippen LogP contribution in [0.2, 0.25) is 0 Å². The second kappa shape index (κ2) is 11.5. The molecular formula is C45H31N5. The third kappa shape index (κ3) is 4.59. The highest BCUT2D eigenvalue weighted by Crippen LogP contribution is 2.48. The van der Waals surface area contributed by atoms with E-state index >= 15 is 0 Å². The Balaban J connectivity index is 1.26. The molecule has 50 heavy (non-hydrogen) atoms. The van der Waals surface area contributed by atoms with Crippen molar-refractivity contribution >= 4 is 33.3 Å². The standard InChI is InChI=1S/C45H31N5/c1-3-15-30(16-4-1)37-27-32(28-38(46-37)31-17-5-2-6-18-31)39-29-44(49-40-23-11-7-19-33(40)34-20-8-12-24-41(34)49)48-45(47-39)50-42-25-13-9-21-35(42)36-22-10-14-26-43(36)50/h1-29,33,40H.